The highest BCUT2D eigenvalue weighted by Gasteiger charge is 2.24. The van der Waals surface area contributed by atoms with Crippen LogP contribution in [0.5, 0.6) is 11.5 Å². The Morgan fingerprint density at radius 1 is 1.13 bits per heavy atom. The van der Waals surface area contributed by atoms with E-state index in [-0.39, 0.29) is 12.8 Å². The zero-order valence-corrected chi connectivity index (χ0v) is 14.2. The molecule has 0 aliphatic heterocycles. The summed E-state index contributed by atoms with van der Waals surface area (Å²) >= 11 is 0. The Morgan fingerprint density at radius 2 is 1.74 bits per heavy atom. The van der Waals surface area contributed by atoms with Crippen LogP contribution in [-0.2, 0) is 14.3 Å². The Morgan fingerprint density at radius 3 is 2.22 bits per heavy atom. The summed E-state index contributed by atoms with van der Waals surface area (Å²) in [6.45, 7) is 5.32. The Bertz CT molecular complexity index is 559. The number of hydrogen-bond acceptors (Lipinski definition) is 5. The molecule has 0 heterocycles. The first-order chi connectivity index (χ1) is 10.7. The zero-order chi connectivity index (χ0) is 17.6. The van der Waals surface area contributed by atoms with Gasteiger partial charge in [-0.05, 0) is 44.9 Å². The number of rotatable bonds is 7. The number of esters is 1. The van der Waals surface area contributed by atoms with E-state index in [2.05, 4.69) is 0 Å². The van der Waals surface area contributed by atoms with Gasteiger partial charge in [0.15, 0.2) is 11.5 Å². The van der Waals surface area contributed by atoms with Gasteiger partial charge in [0.05, 0.1) is 20.1 Å². The molecule has 1 aromatic carbocycles. The van der Waals surface area contributed by atoms with Crippen LogP contribution in [0.15, 0.2) is 18.2 Å². The molecule has 0 saturated heterocycles. The molecule has 0 saturated carbocycles. The molecule has 0 aliphatic carbocycles. The minimum atomic E-state index is -0.999. The lowest BCUT2D eigenvalue weighted by Crippen LogP contribution is -2.24. The normalized spacial score (nSPS) is 12.4. The van der Waals surface area contributed by atoms with Gasteiger partial charge in [0.25, 0.3) is 0 Å². The van der Waals surface area contributed by atoms with Crippen LogP contribution in [0.4, 0.5) is 0 Å². The number of ether oxygens (including phenoxy) is 3. The number of carboxylic acid groups (broad SMARTS) is 1. The average molecular weight is 324 g/mol. The van der Waals surface area contributed by atoms with Gasteiger partial charge in [-0.3, -0.25) is 9.59 Å². The standard InChI is InChI=1S/C17H24O6/c1-17(2,3)23-15(18)9-7-12(16(19)20)11-6-8-13(21-4)14(10-11)22-5/h6,8,10,12H,7,9H2,1-5H3,(H,19,20)/t12-/m0/s1. The van der Waals surface area contributed by atoms with Crippen LogP contribution in [-0.4, -0.2) is 36.9 Å². The lowest BCUT2D eigenvalue weighted by atomic mass is 9.94. The molecule has 0 bridgehead atoms. The summed E-state index contributed by atoms with van der Waals surface area (Å²) in [5, 5.41) is 9.44. The highest BCUT2D eigenvalue weighted by atomic mass is 16.6. The second kappa shape index (κ2) is 7.85. The molecule has 6 nitrogen and oxygen atoms in total. The van der Waals surface area contributed by atoms with Crippen molar-refractivity contribution < 1.29 is 28.9 Å². The smallest absolute Gasteiger partial charge is 0.310 e. The molecular formula is C17H24O6. The largest absolute Gasteiger partial charge is 0.493 e. The van der Waals surface area contributed by atoms with Crippen LogP contribution in [0.25, 0.3) is 0 Å². The summed E-state index contributed by atoms with van der Waals surface area (Å²) in [6.07, 6.45) is 0.183. The molecule has 1 rings (SSSR count). The minimum absolute atomic E-state index is 0.0303. The van der Waals surface area contributed by atoms with Crippen LogP contribution < -0.4 is 9.47 Å². The second-order valence-electron chi connectivity index (χ2n) is 6.13. The molecule has 1 aromatic rings. The molecule has 0 aromatic heterocycles. The van der Waals surface area contributed by atoms with Crippen molar-refractivity contribution in [3.63, 3.8) is 0 Å². The molecule has 1 N–H and O–H groups in total. The van der Waals surface area contributed by atoms with E-state index in [0.29, 0.717) is 17.1 Å². The molecule has 1 atom stereocenters. The first kappa shape index (κ1) is 18.8. The monoisotopic (exact) mass is 324 g/mol. The van der Waals surface area contributed by atoms with Crippen molar-refractivity contribution >= 4 is 11.9 Å². The number of carbonyl (C=O) groups excluding carboxylic acids is 1. The Labute approximate surface area is 136 Å². The maximum absolute atomic E-state index is 11.8. The van der Waals surface area contributed by atoms with Crippen LogP contribution in [0.3, 0.4) is 0 Å². The number of carbonyl (C=O) groups is 2. The fourth-order valence-corrected chi connectivity index (χ4v) is 2.16. The lowest BCUT2D eigenvalue weighted by molar-refractivity contribution is -0.155. The molecule has 0 spiro atoms. The van der Waals surface area contributed by atoms with Crippen LogP contribution >= 0.6 is 0 Å². The topological polar surface area (TPSA) is 82.1 Å². The van der Waals surface area contributed by atoms with E-state index in [0.717, 1.165) is 0 Å². The summed E-state index contributed by atoms with van der Waals surface area (Å²) in [7, 11) is 2.99. The molecule has 23 heavy (non-hydrogen) atoms. The zero-order valence-electron chi connectivity index (χ0n) is 14.2. The van der Waals surface area contributed by atoms with E-state index in [1.165, 1.54) is 14.2 Å². The summed E-state index contributed by atoms with van der Waals surface area (Å²) in [4.78, 5) is 23.3. The van der Waals surface area contributed by atoms with Gasteiger partial charge < -0.3 is 19.3 Å². The predicted octanol–water partition coefficient (Wildman–Crippen LogP) is 2.99. The van der Waals surface area contributed by atoms with Crippen molar-refractivity contribution in [2.45, 2.75) is 45.1 Å². The molecule has 0 unspecified atom stereocenters. The quantitative estimate of drug-likeness (QED) is 0.776. The van der Waals surface area contributed by atoms with Crippen molar-refractivity contribution in [1.82, 2.24) is 0 Å². The number of hydrogen-bond donors (Lipinski definition) is 1. The van der Waals surface area contributed by atoms with Crippen molar-refractivity contribution in [2.24, 2.45) is 0 Å². The maximum atomic E-state index is 11.8. The van der Waals surface area contributed by atoms with E-state index in [1.807, 2.05) is 0 Å². The summed E-state index contributed by atoms with van der Waals surface area (Å²) in [6, 6.07) is 4.93. The number of aliphatic carboxylic acids is 1. The highest BCUT2D eigenvalue weighted by molar-refractivity contribution is 5.78. The third-order valence-corrected chi connectivity index (χ3v) is 3.17. The Balaban J connectivity index is 2.87. The van der Waals surface area contributed by atoms with Crippen molar-refractivity contribution in [3.8, 4) is 11.5 Å². The summed E-state index contributed by atoms with van der Waals surface area (Å²) < 4.78 is 15.5. The molecule has 0 aliphatic rings. The van der Waals surface area contributed by atoms with Crippen molar-refractivity contribution in [1.29, 1.82) is 0 Å². The van der Waals surface area contributed by atoms with Crippen molar-refractivity contribution in [3.05, 3.63) is 23.8 Å². The van der Waals surface area contributed by atoms with Gasteiger partial charge in [-0.15, -0.1) is 0 Å². The van der Waals surface area contributed by atoms with E-state index >= 15 is 0 Å². The van der Waals surface area contributed by atoms with Gasteiger partial charge >= 0.3 is 11.9 Å². The predicted molar refractivity (Wildman–Crippen MR) is 85.0 cm³/mol. The minimum Gasteiger partial charge on any atom is -0.493 e. The third kappa shape index (κ3) is 5.81. The number of benzene rings is 1. The van der Waals surface area contributed by atoms with Gasteiger partial charge in [0, 0.05) is 6.42 Å². The second-order valence-corrected chi connectivity index (χ2v) is 6.13. The SMILES string of the molecule is COc1ccc([C@H](CCC(=O)OC(C)(C)C)C(=O)O)cc1OC. The summed E-state index contributed by atoms with van der Waals surface area (Å²) in [5.41, 5.74) is -0.0298. The fraction of sp³-hybridized carbons (Fsp3) is 0.529. The lowest BCUT2D eigenvalue weighted by Gasteiger charge is -2.20. The first-order valence-corrected chi connectivity index (χ1v) is 7.34. The molecule has 6 heteroatoms. The average Bonchev–Trinajstić information content (AvgIpc) is 2.44. The molecular weight excluding hydrogens is 300 g/mol. The number of methoxy groups -OCH3 is 2. The molecule has 0 radical (unpaired) electrons. The third-order valence-electron chi connectivity index (χ3n) is 3.17. The summed E-state index contributed by atoms with van der Waals surface area (Å²) in [5.74, 6) is -1.26. The van der Waals surface area contributed by atoms with E-state index in [1.54, 1.807) is 39.0 Å². The maximum Gasteiger partial charge on any atom is 0.310 e. The van der Waals surface area contributed by atoms with Gasteiger partial charge in [-0.2, -0.15) is 0 Å². The molecule has 0 fully saturated rings. The number of carboxylic acids is 1. The van der Waals surface area contributed by atoms with Crippen LogP contribution in [0.1, 0.15) is 45.1 Å². The first-order valence-electron chi connectivity index (χ1n) is 7.34. The van der Waals surface area contributed by atoms with Gasteiger partial charge in [-0.25, -0.2) is 0 Å². The molecule has 128 valence electrons. The van der Waals surface area contributed by atoms with E-state index < -0.39 is 23.5 Å². The van der Waals surface area contributed by atoms with Gasteiger partial charge in [-0.1, -0.05) is 6.07 Å². The Kier molecular flexibility index (Phi) is 6.42. The molecule has 0 amide bonds. The van der Waals surface area contributed by atoms with E-state index in [9.17, 15) is 14.7 Å². The Hall–Kier alpha value is -2.24. The van der Waals surface area contributed by atoms with Gasteiger partial charge in [0.2, 0.25) is 0 Å². The fourth-order valence-electron chi connectivity index (χ4n) is 2.16. The van der Waals surface area contributed by atoms with Crippen molar-refractivity contribution in [2.75, 3.05) is 14.2 Å². The van der Waals surface area contributed by atoms with Gasteiger partial charge in [0.1, 0.15) is 5.60 Å². The van der Waals surface area contributed by atoms with E-state index in [4.69, 9.17) is 14.2 Å². The highest BCUT2D eigenvalue weighted by Crippen LogP contribution is 2.32. The van der Waals surface area contributed by atoms with Crippen LogP contribution in [0.2, 0.25) is 0 Å². The van der Waals surface area contributed by atoms with Crippen LogP contribution in [0, 0.1) is 0 Å².